The molecule has 0 aliphatic heterocycles. The molecule has 0 aliphatic rings. The van der Waals surface area contributed by atoms with Crippen LogP contribution < -0.4 is 0 Å². The smallest absolute Gasteiger partial charge is 0.369 e. The lowest BCUT2D eigenvalue weighted by Gasteiger charge is -2.32. The summed E-state index contributed by atoms with van der Waals surface area (Å²) in [6.07, 6.45) is -17.0. The van der Waals surface area contributed by atoms with Crippen LogP contribution in [0.15, 0.2) is 42.5 Å². The lowest BCUT2D eigenvalue weighted by Crippen LogP contribution is -2.53. The third kappa shape index (κ3) is 3.71. The van der Waals surface area contributed by atoms with Gasteiger partial charge in [0.05, 0.1) is 5.56 Å². The molecular weight excluding hydrogens is 407 g/mol. The number of halogens is 9. The first-order valence-electron chi connectivity index (χ1n) is 7.26. The van der Waals surface area contributed by atoms with E-state index in [-0.39, 0.29) is 29.5 Å². The van der Waals surface area contributed by atoms with Crippen molar-refractivity contribution in [2.24, 2.45) is 0 Å². The van der Waals surface area contributed by atoms with Gasteiger partial charge in [-0.3, -0.25) is 4.79 Å². The van der Waals surface area contributed by atoms with E-state index in [2.05, 4.69) is 0 Å². The Morgan fingerprint density at radius 2 is 1.25 bits per heavy atom. The van der Waals surface area contributed by atoms with E-state index in [1.807, 2.05) is 0 Å². The number of hydrogen-bond donors (Lipinski definition) is 1. The van der Waals surface area contributed by atoms with Gasteiger partial charge in [-0.25, -0.2) is 0 Å². The molecule has 2 nitrogen and oxygen atoms in total. The zero-order chi connectivity index (χ0) is 21.5. The molecule has 0 aromatic heterocycles. The minimum absolute atomic E-state index is 0.148. The van der Waals surface area contributed by atoms with E-state index in [9.17, 15) is 49.4 Å². The van der Waals surface area contributed by atoms with Gasteiger partial charge in [-0.15, -0.1) is 0 Å². The van der Waals surface area contributed by atoms with E-state index in [0.29, 0.717) is 18.2 Å². The molecule has 0 saturated heterocycles. The fourth-order valence-corrected chi connectivity index (χ4v) is 2.50. The molecule has 0 heterocycles. The average molecular weight is 416 g/mol. The van der Waals surface area contributed by atoms with Crippen LogP contribution in [0.25, 0.3) is 11.1 Å². The Hall–Kier alpha value is -2.56. The summed E-state index contributed by atoms with van der Waals surface area (Å²) in [4.78, 5) is 10.7. The Kier molecular flexibility index (Phi) is 5.28. The number of alkyl halides is 9. The lowest BCUT2D eigenvalue weighted by molar-refractivity contribution is -0.376. The summed E-state index contributed by atoms with van der Waals surface area (Å²) in [5.74, 6) is 0. The SMILES string of the molecule is O=Cc1ccc(-c2ccc(C(O)(C(F)(F)F)C(F)(F)F)cc2)c(C(F)(F)F)c1. The molecule has 0 fully saturated rings. The van der Waals surface area contributed by atoms with Crippen molar-refractivity contribution in [2.45, 2.75) is 24.1 Å². The maximum absolute atomic E-state index is 13.2. The normalized spacial score (nSPS) is 13.5. The fraction of sp³-hybridized carbons (Fsp3) is 0.235. The Balaban J connectivity index is 2.61. The summed E-state index contributed by atoms with van der Waals surface area (Å²) in [6, 6.07) is 4.02. The summed E-state index contributed by atoms with van der Waals surface area (Å²) >= 11 is 0. The van der Waals surface area contributed by atoms with E-state index < -0.39 is 40.8 Å². The van der Waals surface area contributed by atoms with Gasteiger partial charge in [0.15, 0.2) is 0 Å². The number of rotatable bonds is 3. The van der Waals surface area contributed by atoms with Crippen molar-refractivity contribution in [2.75, 3.05) is 0 Å². The van der Waals surface area contributed by atoms with Gasteiger partial charge in [0, 0.05) is 11.1 Å². The van der Waals surface area contributed by atoms with Crippen LogP contribution in [0.2, 0.25) is 0 Å². The molecule has 28 heavy (non-hydrogen) atoms. The molecule has 0 aliphatic carbocycles. The predicted octanol–water partition coefficient (Wildman–Crippen LogP) is 5.50. The molecule has 0 spiro atoms. The molecule has 11 heteroatoms. The van der Waals surface area contributed by atoms with E-state index in [1.165, 1.54) is 0 Å². The quantitative estimate of drug-likeness (QED) is 0.530. The second-order valence-corrected chi connectivity index (χ2v) is 5.70. The van der Waals surface area contributed by atoms with Crippen molar-refractivity contribution in [3.63, 3.8) is 0 Å². The van der Waals surface area contributed by atoms with Gasteiger partial charge in [-0.05, 0) is 17.2 Å². The van der Waals surface area contributed by atoms with Gasteiger partial charge >= 0.3 is 18.5 Å². The van der Waals surface area contributed by atoms with Gasteiger partial charge in [0.2, 0.25) is 0 Å². The van der Waals surface area contributed by atoms with Crippen molar-refractivity contribution in [3.05, 3.63) is 59.2 Å². The van der Waals surface area contributed by atoms with E-state index in [4.69, 9.17) is 0 Å². The Morgan fingerprint density at radius 3 is 1.64 bits per heavy atom. The minimum Gasteiger partial charge on any atom is -0.369 e. The first-order valence-corrected chi connectivity index (χ1v) is 7.26. The third-order valence-electron chi connectivity index (χ3n) is 3.92. The molecule has 2 aromatic carbocycles. The standard InChI is InChI=1S/C17H9F9O2/c18-15(19,20)13-7-9(8-27)1-6-12(13)10-2-4-11(5-3-10)14(28,16(21,22)23)17(24,25)26/h1-8,28H. The second-order valence-electron chi connectivity index (χ2n) is 5.70. The summed E-state index contributed by atoms with van der Waals surface area (Å²) in [5.41, 5.74) is -9.34. The van der Waals surface area contributed by atoms with Crippen molar-refractivity contribution < 1.29 is 49.4 Å². The van der Waals surface area contributed by atoms with Crippen LogP contribution >= 0.6 is 0 Å². The maximum atomic E-state index is 13.2. The molecule has 0 bridgehead atoms. The summed E-state index contributed by atoms with van der Waals surface area (Å²) in [5, 5.41) is 9.30. The van der Waals surface area contributed by atoms with Gasteiger partial charge in [-0.1, -0.05) is 36.4 Å². The second kappa shape index (κ2) is 6.80. The van der Waals surface area contributed by atoms with Crippen LogP contribution in [0, 0.1) is 0 Å². The maximum Gasteiger partial charge on any atom is 0.430 e. The summed E-state index contributed by atoms with van der Waals surface area (Å²) in [6.45, 7) is 0. The fourth-order valence-electron chi connectivity index (χ4n) is 2.50. The first kappa shape index (κ1) is 21.7. The zero-order valence-electron chi connectivity index (χ0n) is 13.4. The molecule has 0 radical (unpaired) electrons. The number of aldehydes is 1. The van der Waals surface area contributed by atoms with Gasteiger partial charge in [0.25, 0.3) is 5.60 Å². The van der Waals surface area contributed by atoms with E-state index in [1.54, 1.807) is 0 Å². The van der Waals surface area contributed by atoms with Crippen LogP contribution in [0.3, 0.4) is 0 Å². The number of aliphatic hydroxyl groups is 1. The molecule has 152 valence electrons. The molecule has 1 N–H and O–H groups in total. The molecule has 0 saturated carbocycles. The van der Waals surface area contributed by atoms with Gasteiger partial charge in [-0.2, -0.15) is 39.5 Å². The molecule has 0 amide bonds. The van der Waals surface area contributed by atoms with Gasteiger partial charge in [0.1, 0.15) is 6.29 Å². The predicted molar refractivity (Wildman–Crippen MR) is 78.3 cm³/mol. The van der Waals surface area contributed by atoms with Crippen LogP contribution in [-0.4, -0.2) is 23.7 Å². The molecular formula is C17H9F9O2. The first-order chi connectivity index (χ1) is 12.6. The highest BCUT2D eigenvalue weighted by Gasteiger charge is 2.71. The van der Waals surface area contributed by atoms with Crippen LogP contribution in [0.5, 0.6) is 0 Å². The number of hydrogen-bond acceptors (Lipinski definition) is 2. The van der Waals surface area contributed by atoms with Crippen molar-refractivity contribution >= 4 is 6.29 Å². The average Bonchev–Trinajstić information content (AvgIpc) is 2.58. The highest BCUT2D eigenvalue weighted by molar-refractivity contribution is 5.79. The third-order valence-corrected chi connectivity index (χ3v) is 3.92. The monoisotopic (exact) mass is 416 g/mol. The lowest BCUT2D eigenvalue weighted by atomic mass is 9.89. The van der Waals surface area contributed by atoms with E-state index in [0.717, 1.165) is 12.1 Å². The minimum atomic E-state index is -6.12. The Bertz CT molecular complexity index is 848. The van der Waals surface area contributed by atoms with Gasteiger partial charge < -0.3 is 5.11 Å². The zero-order valence-corrected chi connectivity index (χ0v) is 13.4. The van der Waals surface area contributed by atoms with Crippen LogP contribution in [0.1, 0.15) is 21.5 Å². The largest absolute Gasteiger partial charge is 0.430 e. The van der Waals surface area contributed by atoms with Crippen LogP contribution in [-0.2, 0) is 11.8 Å². The number of benzene rings is 2. The summed E-state index contributed by atoms with van der Waals surface area (Å²) < 4.78 is 117. The molecule has 0 unspecified atom stereocenters. The van der Waals surface area contributed by atoms with Crippen LogP contribution in [0.4, 0.5) is 39.5 Å². The number of carbonyl (C=O) groups is 1. The number of carbonyl (C=O) groups excluding carboxylic acids is 1. The molecule has 0 atom stereocenters. The molecule has 2 aromatic rings. The summed E-state index contributed by atoms with van der Waals surface area (Å²) in [7, 11) is 0. The van der Waals surface area contributed by atoms with Crippen molar-refractivity contribution in [1.29, 1.82) is 0 Å². The Morgan fingerprint density at radius 1 is 0.750 bits per heavy atom. The molecule has 2 rings (SSSR count). The van der Waals surface area contributed by atoms with E-state index >= 15 is 0 Å². The highest BCUT2D eigenvalue weighted by Crippen LogP contribution is 2.50. The van der Waals surface area contributed by atoms with Crippen molar-refractivity contribution in [3.8, 4) is 11.1 Å². The van der Waals surface area contributed by atoms with Crippen molar-refractivity contribution in [1.82, 2.24) is 0 Å². The topological polar surface area (TPSA) is 37.3 Å². The Labute approximate surface area is 151 Å². The highest BCUT2D eigenvalue weighted by atomic mass is 19.4.